The number of allylic oxidation sites excluding steroid dienone is 2. The van der Waals surface area contributed by atoms with Gasteiger partial charge in [0.05, 0.1) is 6.61 Å². The fourth-order valence-electron chi connectivity index (χ4n) is 2.76. The second kappa shape index (κ2) is 10.6. The molecule has 1 atom stereocenters. The van der Waals surface area contributed by atoms with Gasteiger partial charge in [0.15, 0.2) is 0 Å². The molecule has 0 saturated carbocycles. The Kier molecular flexibility index (Phi) is 8.38. The van der Waals surface area contributed by atoms with Crippen LogP contribution in [0, 0.1) is 0 Å². The molecule has 0 radical (unpaired) electrons. The van der Waals surface area contributed by atoms with Crippen molar-refractivity contribution in [2.24, 2.45) is 0 Å². The van der Waals surface area contributed by atoms with Crippen molar-refractivity contribution in [3.05, 3.63) is 42.0 Å². The summed E-state index contributed by atoms with van der Waals surface area (Å²) in [7, 11) is 0. The summed E-state index contributed by atoms with van der Waals surface area (Å²) < 4.78 is 11.2. The van der Waals surface area contributed by atoms with Crippen LogP contribution in [0.2, 0.25) is 0 Å². The van der Waals surface area contributed by atoms with E-state index in [1.807, 2.05) is 6.07 Å². The molecule has 1 aromatic rings. The molecule has 2 rings (SSSR count). The second-order valence-electron chi connectivity index (χ2n) is 7.24. The highest BCUT2D eigenvalue weighted by molar-refractivity contribution is 5.29. The van der Waals surface area contributed by atoms with Gasteiger partial charge in [-0.3, -0.25) is 0 Å². The van der Waals surface area contributed by atoms with E-state index in [1.165, 1.54) is 50.5 Å². The number of hydrogen-bond acceptors (Lipinski definition) is 2. The molecule has 1 saturated heterocycles. The summed E-state index contributed by atoms with van der Waals surface area (Å²) in [5.74, 6) is 0.959. The number of ether oxygens (including phenoxy) is 2. The first-order chi connectivity index (χ1) is 11.7. The van der Waals surface area contributed by atoms with Gasteiger partial charge in [-0.05, 0) is 50.3 Å². The van der Waals surface area contributed by atoms with E-state index in [-0.39, 0.29) is 5.60 Å². The first-order valence-electron chi connectivity index (χ1n) is 9.72. The first-order valence-corrected chi connectivity index (χ1v) is 9.72. The van der Waals surface area contributed by atoms with Crippen LogP contribution in [0.15, 0.2) is 36.4 Å². The van der Waals surface area contributed by atoms with Gasteiger partial charge in [0.25, 0.3) is 0 Å². The van der Waals surface area contributed by atoms with Gasteiger partial charge in [0.1, 0.15) is 18.0 Å². The van der Waals surface area contributed by atoms with Gasteiger partial charge in [0.2, 0.25) is 0 Å². The van der Waals surface area contributed by atoms with Crippen LogP contribution in [0.5, 0.6) is 5.75 Å². The third-order valence-electron chi connectivity index (χ3n) is 4.57. The maximum Gasteiger partial charge on any atom is 0.123 e. The molecule has 24 heavy (non-hydrogen) atoms. The topological polar surface area (TPSA) is 21.8 Å². The summed E-state index contributed by atoms with van der Waals surface area (Å²) in [6, 6.07) is 8.46. The Balaban J connectivity index is 1.55. The van der Waals surface area contributed by atoms with Crippen molar-refractivity contribution in [1.29, 1.82) is 0 Å². The Morgan fingerprint density at radius 2 is 1.83 bits per heavy atom. The molecule has 0 aliphatic carbocycles. The maximum absolute atomic E-state index is 5.83. The van der Waals surface area contributed by atoms with Crippen LogP contribution < -0.4 is 4.74 Å². The Morgan fingerprint density at radius 1 is 1.08 bits per heavy atom. The Bertz CT molecular complexity index is 488. The summed E-state index contributed by atoms with van der Waals surface area (Å²) in [4.78, 5) is 0. The highest BCUT2D eigenvalue weighted by atomic mass is 16.6. The lowest BCUT2D eigenvalue weighted by molar-refractivity contribution is 0.202. The molecule has 2 heteroatoms. The van der Waals surface area contributed by atoms with Crippen molar-refractivity contribution in [3.8, 4) is 5.75 Å². The van der Waals surface area contributed by atoms with Crippen molar-refractivity contribution < 1.29 is 9.47 Å². The summed E-state index contributed by atoms with van der Waals surface area (Å²) >= 11 is 0. The van der Waals surface area contributed by atoms with E-state index in [2.05, 4.69) is 44.2 Å². The fourth-order valence-corrected chi connectivity index (χ4v) is 2.76. The molecule has 0 N–H and O–H groups in total. The smallest absolute Gasteiger partial charge is 0.123 e. The van der Waals surface area contributed by atoms with E-state index >= 15 is 0 Å². The van der Waals surface area contributed by atoms with Crippen molar-refractivity contribution in [3.63, 3.8) is 0 Å². The van der Waals surface area contributed by atoms with E-state index < -0.39 is 0 Å². The quantitative estimate of drug-likeness (QED) is 0.248. The number of benzene rings is 1. The Labute approximate surface area is 148 Å². The van der Waals surface area contributed by atoms with Gasteiger partial charge in [-0.25, -0.2) is 0 Å². The van der Waals surface area contributed by atoms with Crippen LogP contribution in [0.3, 0.4) is 0 Å². The van der Waals surface area contributed by atoms with Crippen LogP contribution in [0.1, 0.15) is 70.8 Å². The number of rotatable bonds is 13. The number of hydrogen-bond donors (Lipinski definition) is 0. The molecule has 1 aliphatic rings. The zero-order chi connectivity index (χ0) is 17.1. The predicted octanol–water partition coefficient (Wildman–Crippen LogP) is 6.09. The lowest BCUT2D eigenvalue weighted by Gasteiger charge is -2.09. The number of aryl methyl sites for hydroxylation is 1. The van der Waals surface area contributed by atoms with Gasteiger partial charge in [-0.1, -0.05) is 63.3 Å². The lowest BCUT2D eigenvalue weighted by Crippen LogP contribution is -2.16. The molecule has 0 bridgehead atoms. The van der Waals surface area contributed by atoms with Crippen molar-refractivity contribution in [2.45, 2.75) is 77.2 Å². The van der Waals surface area contributed by atoms with Crippen LogP contribution in [0.4, 0.5) is 0 Å². The molecule has 134 valence electrons. The third kappa shape index (κ3) is 8.01. The van der Waals surface area contributed by atoms with Crippen molar-refractivity contribution in [1.82, 2.24) is 0 Å². The van der Waals surface area contributed by atoms with Crippen LogP contribution >= 0.6 is 0 Å². The monoisotopic (exact) mass is 330 g/mol. The Morgan fingerprint density at radius 3 is 2.62 bits per heavy atom. The van der Waals surface area contributed by atoms with E-state index in [1.54, 1.807) is 0 Å². The maximum atomic E-state index is 5.83. The summed E-state index contributed by atoms with van der Waals surface area (Å²) in [6.07, 6.45) is 16.4. The highest BCUT2D eigenvalue weighted by Gasteiger charge is 2.40. The molecule has 1 fully saturated rings. The minimum absolute atomic E-state index is 0.0463. The highest BCUT2D eigenvalue weighted by Crippen LogP contribution is 2.27. The van der Waals surface area contributed by atoms with E-state index in [0.29, 0.717) is 6.61 Å². The largest absolute Gasteiger partial charge is 0.490 e. The fraction of sp³-hybridized carbons (Fsp3) is 0.636. The molecule has 2 nitrogen and oxygen atoms in total. The molecule has 1 unspecified atom stereocenters. The van der Waals surface area contributed by atoms with E-state index in [9.17, 15) is 0 Å². The standard InChI is InChI=1S/C22H34O2/c1-3-4-5-6-7-8-9-10-11-12-14-20-15-13-16-21(17-20)23-18-22(2)19-24-22/h10-11,13,15-17H,3-9,12,14,18-19H2,1-2H3/b11-10+. The van der Waals surface area contributed by atoms with E-state index in [0.717, 1.165) is 25.2 Å². The molecule has 1 aromatic carbocycles. The average molecular weight is 331 g/mol. The van der Waals surface area contributed by atoms with Crippen molar-refractivity contribution in [2.75, 3.05) is 13.2 Å². The van der Waals surface area contributed by atoms with E-state index in [4.69, 9.17) is 9.47 Å². The minimum atomic E-state index is -0.0463. The SMILES string of the molecule is CCCCCCCC/C=C/CCc1cccc(OCC2(C)CO2)c1. The predicted molar refractivity (Wildman–Crippen MR) is 102 cm³/mol. The molecular weight excluding hydrogens is 296 g/mol. The molecular formula is C22H34O2. The minimum Gasteiger partial charge on any atom is -0.490 e. The third-order valence-corrected chi connectivity index (χ3v) is 4.57. The molecule has 0 aromatic heterocycles. The Hall–Kier alpha value is -1.28. The summed E-state index contributed by atoms with van der Waals surface area (Å²) in [5, 5.41) is 0. The normalized spacial score (nSPS) is 19.8. The number of unbranched alkanes of at least 4 members (excludes halogenated alkanes) is 6. The molecule has 1 aliphatic heterocycles. The van der Waals surface area contributed by atoms with Gasteiger partial charge in [0, 0.05) is 0 Å². The average Bonchev–Trinajstić information content (AvgIpc) is 3.33. The molecule has 0 amide bonds. The molecule has 0 spiro atoms. The summed E-state index contributed by atoms with van der Waals surface area (Å²) in [6.45, 7) is 5.82. The lowest BCUT2D eigenvalue weighted by atomic mass is 10.1. The van der Waals surface area contributed by atoms with Gasteiger partial charge in [-0.15, -0.1) is 0 Å². The first kappa shape index (κ1) is 19.1. The van der Waals surface area contributed by atoms with Crippen LogP contribution in [-0.2, 0) is 11.2 Å². The number of epoxide rings is 1. The zero-order valence-electron chi connectivity index (χ0n) is 15.6. The van der Waals surface area contributed by atoms with Gasteiger partial charge >= 0.3 is 0 Å². The molecule has 1 heterocycles. The van der Waals surface area contributed by atoms with Crippen LogP contribution in [0.25, 0.3) is 0 Å². The van der Waals surface area contributed by atoms with Gasteiger partial charge < -0.3 is 9.47 Å². The second-order valence-corrected chi connectivity index (χ2v) is 7.24. The van der Waals surface area contributed by atoms with Crippen LogP contribution in [-0.4, -0.2) is 18.8 Å². The van der Waals surface area contributed by atoms with Gasteiger partial charge in [-0.2, -0.15) is 0 Å². The summed E-state index contributed by atoms with van der Waals surface area (Å²) in [5.41, 5.74) is 1.30. The van der Waals surface area contributed by atoms with Crippen molar-refractivity contribution >= 4 is 0 Å². The zero-order valence-corrected chi connectivity index (χ0v) is 15.6.